The molecule has 1 aromatic rings. The van der Waals surface area contributed by atoms with Crippen molar-refractivity contribution in [1.29, 1.82) is 5.26 Å². The molecule has 0 spiro atoms. The summed E-state index contributed by atoms with van der Waals surface area (Å²) in [6.45, 7) is 10.4. The maximum Gasteiger partial charge on any atom is 0.257 e. The second kappa shape index (κ2) is 7.02. The van der Waals surface area contributed by atoms with E-state index in [2.05, 4.69) is 13.0 Å². The van der Waals surface area contributed by atoms with E-state index in [4.69, 9.17) is 4.74 Å². The minimum absolute atomic E-state index is 0.0706. The number of ketones is 1. The van der Waals surface area contributed by atoms with Gasteiger partial charge in [0.05, 0.1) is 11.1 Å². The van der Waals surface area contributed by atoms with Crippen LogP contribution >= 0.6 is 0 Å². The maximum atomic E-state index is 13.1. The van der Waals surface area contributed by atoms with Gasteiger partial charge in [0.25, 0.3) is 5.91 Å². The van der Waals surface area contributed by atoms with Crippen molar-refractivity contribution in [2.24, 2.45) is 10.8 Å². The third-order valence-corrected chi connectivity index (χ3v) is 6.00. The molecule has 1 amide bonds. The van der Waals surface area contributed by atoms with Crippen LogP contribution in [0.3, 0.4) is 0 Å². The van der Waals surface area contributed by atoms with Crippen LogP contribution in [-0.4, -0.2) is 35.8 Å². The molecule has 0 aromatic heterocycles. The molecular weight excluding hydrogens is 364 g/mol. The molecule has 1 aliphatic carbocycles. The highest BCUT2D eigenvalue weighted by atomic mass is 16.5. The smallest absolute Gasteiger partial charge is 0.257 e. The minimum Gasteiger partial charge on any atom is -0.486 e. The summed E-state index contributed by atoms with van der Waals surface area (Å²) in [4.78, 5) is 27.2. The monoisotopic (exact) mass is 394 g/mol. The zero-order valence-electron chi connectivity index (χ0n) is 18.3. The fourth-order valence-electron chi connectivity index (χ4n) is 4.68. The Morgan fingerprint density at radius 3 is 2.59 bits per heavy atom. The van der Waals surface area contributed by atoms with Gasteiger partial charge in [-0.3, -0.25) is 9.59 Å². The van der Waals surface area contributed by atoms with E-state index >= 15 is 0 Å². The van der Waals surface area contributed by atoms with Gasteiger partial charge in [0.2, 0.25) is 0 Å². The number of hydrogen-bond acceptors (Lipinski definition) is 4. The SMILES string of the molecule is CN(CC[C@]1(C)C=C(C#N)C(=O)C(C)(C)C1)C(=O)c1cccc2c1OC(C)(C)C2. The van der Waals surface area contributed by atoms with Gasteiger partial charge in [0.15, 0.2) is 5.78 Å². The van der Waals surface area contributed by atoms with Gasteiger partial charge in [0, 0.05) is 25.4 Å². The summed E-state index contributed by atoms with van der Waals surface area (Å²) < 4.78 is 6.05. The van der Waals surface area contributed by atoms with Gasteiger partial charge in [-0.15, -0.1) is 0 Å². The van der Waals surface area contributed by atoms with Crippen molar-refractivity contribution in [3.8, 4) is 11.8 Å². The molecule has 0 fully saturated rings. The number of benzene rings is 1. The molecule has 0 bridgehead atoms. The first-order valence-corrected chi connectivity index (χ1v) is 10.1. The highest BCUT2D eigenvalue weighted by Crippen LogP contribution is 2.44. The van der Waals surface area contributed by atoms with Gasteiger partial charge in [-0.1, -0.05) is 39.0 Å². The van der Waals surface area contributed by atoms with Crippen LogP contribution in [0.1, 0.15) is 63.4 Å². The van der Waals surface area contributed by atoms with Crippen molar-refractivity contribution in [2.75, 3.05) is 13.6 Å². The van der Waals surface area contributed by atoms with Gasteiger partial charge in [-0.25, -0.2) is 0 Å². The van der Waals surface area contributed by atoms with Crippen LogP contribution in [0, 0.1) is 22.2 Å². The number of rotatable bonds is 4. The summed E-state index contributed by atoms with van der Waals surface area (Å²) in [6, 6.07) is 7.78. The first-order chi connectivity index (χ1) is 13.4. The number of Topliss-reactive ketones (excluding diaryl/α,β-unsaturated/α-hetero) is 1. The largest absolute Gasteiger partial charge is 0.486 e. The lowest BCUT2D eigenvalue weighted by molar-refractivity contribution is -0.125. The van der Waals surface area contributed by atoms with Crippen LogP contribution in [0.2, 0.25) is 0 Å². The molecule has 5 nitrogen and oxygen atoms in total. The summed E-state index contributed by atoms with van der Waals surface area (Å²) >= 11 is 0. The molecule has 1 heterocycles. The third kappa shape index (κ3) is 4.07. The number of para-hydroxylation sites is 1. The number of nitriles is 1. The van der Waals surface area contributed by atoms with Gasteiger partial charge < -0.3 is 9.64 Å². The molecule has 29 heavy (non-hydrogen) atoms. The zero-order chi connectivity index (χ0) is 21.6. The average molecular weight is 395 g/mol. The number of allylic oxidation sites excluding steroid dienone is 2. The molecule has 1 aliphatic heterocycles. The molecule has 154 valence electrons. The van der Waals surface area contributed by atoms with Crippen LogP contribution in [0.4, 0.5) is 0 Å². The number of ether oxygens (including phenoxy) is 1. The van der Waals surface area contributed by atoms with E-state index in [1.54, 1.807) is 18.0 Å². The van der Waals surface area contributed by atoms with Crippen molar-refractivity contribution >= 4 is 11.7 Å². The Morgan fingerprint density at radius 1 is 1.24 bits per heavy atom. The van der Waals surface area contributed by atoms with Crippen LogP contribution < -0.4 is 4.74 Å². The lowest BCUT2D eigenvalue weighted by Gasteiger charge is -2.39. The van der Waals surface area contributed by atoms with Gasteiger partial charge in [-0.2, -0.15) is 5.26 Å². The third-order valence-electron chi connectivity index (χ3n) is 6.00. The van der Waals surface area contributed by atoms with Gasteiger partial charge in [0.1, 0.15) is 17.4 Å². The summed E-state index contributed by atoms with van der Waals surface area (Å²) in [5.41, 5.74) is 0.701. The Balaban J connectivity index is 1.76. The lowest BCUT2D eigenvalue weighted by atomic mass is 9.64. The number of nitrogens with zero attached hydrogens (tertiary/aromatic N) is 2. The fraction of sp³-hybridized carbons (Fsp3) is 0.542. The molecule has 0 radical (unpaired) electrons. The quantitative estimate of drug-likeness (QED) is 0.763. The number of carbonyl (C=O) groups is 2. The van der Waals surface area contributed by atoms with E-state index < -0.39 is 5.41 Å². The summed E-state index contributed by atoms with van der Waals surface area (Å²) in [7, 11) is 1.79. The molecule has 3 rings (SSSR count). The van der Waals surface area contributed by atoms with Crippen molar-refractivity contribution < 1.29 is 14.3 Å². The van der Waals surface area contributed by atoms with Gasteiger partial charge >= 0.3 is 0 Å². The lowest BCUT2D eigenvalue weighted by Crippen LogP contribution is -2.39. The maximum absolute atomic E-state index is 13.1. The second-order valence-corrected chi connectivity index (χ2v) is 10.0. The Hall–Kier alpha value is -2.61. The molecule has 0 unspecified atom stereocenters. The van der Waals surface area contributed by atoms with Crippen molar-refractivity contribution in [1.82, 2.24) is 4.90 Å². The molecule has 0 saturated carbocycles. The van der Waals surface area contributed by atoms with E-state index in [1.807, 2.05) is 45.9 Å². The van der Waals surface area contributed by atoms with Crippen LogP contribution in [0.15, 0.2) is 29.8 Å². The Kier molecular flexibility index (Phi) is 5.11. The standard InChI is InChI=1S/C24H30N2O3/c1-22(2)15-24(5,13-17(14-25)20(22)27)10-11-26(6)21(28)18-9-7-8-16-12-23(3,4)29-19(16)18/h7-9,13H,10-12,15H2,1-6H3/t24-/m1/s1. The average Bonchev–Trinajstić information content (AvgIpc) is 2.95. The fourth-order valence-corrected chi connectivity index (χ4v) is 4.68. The molecule has 0 N–H and O–H groups in total. The highest BCUT2D eigenvalue weighted by Gasteiger charge is 2.42. The first-order valence-electron chi connectivity index (χ1n) is 10.1. The molecule has 0 saturated heterocycles. The Morgan fingerprint density at radius 2 is 1.93 bits per heavy atom. The van der Waals surface area contributed by atoms with E-state index in [9.17, 15) is 14.9 Å². The molecule has 1 atom stereocenters. The van der Waals surface area contributed by atoms with E-state index in [0.29, 0.717) is 30.7 Å². The normalized spacial score (nSPS) is 24.2. The summed E-state index contributed by atoms with van der Waals surface area (Å²) in [6.07, 6.45) is 3.92. The number of fused-ring (bicyclic) bond motifs is 1. The van der Waals surface area contributed by atoms with Gasteiger partial charge in [-0.05, 0) is 43.7 Å². The van der Waals surface area contributed by atoms with Crippen LogP contribution in [0.25, 0.3) is 0 Å². The molecule has 5 heteroatoms. The highest BCUT2D eigenvalue weighted by molar-refractivity contribution is 6.03. The Labute approximate surface area is 173 Å². The predicted octanol–water partition coefficient (Wildman–Crippen LogP) is 4.32. The van der Waals surface area contributed by atoms with Crippen molar-refractivity contribution in [2.45, 2.75) is 59.5 Å². The number of amides is 1. The Bertz CT molecular complexity index is 936. The van der Waals surface area contributed by atoms with Crippen LogP contribution in [-0.2, 0) is 11.2 Å². The van der Waals surface area contributed by atoms with Crippen molar-refractivity contribution in [3.05, 3.63) is 41.0 Å². The summed E-state index contributed by atoms with van der Waals surface area (Å²) in [5, 5.41) is 9.35. The summed E-state index contributed by atoms with van der Waals surface area (Å²) in [5.74, 6) is 0.525. The van der Waals surface area contributed by atoms with E-state index in [-0.39, 0.29) is 28.3 Å². The number of carbonyl (C=O) groups excluding carboxylic acids is 2. The van der Waals surface area contributed by atoms with E-state index in [0.717, 1.165) is 12.0 Å². The van der Waals surface area contributed by atoms with Crippen LogP contribution in [0.5, 0.6) is 5.75 Å². The zero-order valence-corrected chi connectivity index (χ0v) is 18.3. The molecule has 1 aromatic carbocycles. The topological polar surface area (TPSA) is 70.4 Å². The van der Waals surface area contributed by atoms with Crippen molar-refractivity contribution in [3.63, 3.8) is 0 Å². The van der Waals surface area contributed by atoms with E-state index in [1.165, 1.54) is 0 Å². The molecular formula is C24H30N2O3. The second-order valence-electron chi connectivity index (χ2n) is 10.0. The molecule has 2 aliphatic rings. The minimum atomic E-state index is -0.573. The first kappa shape index (κ1) is 21.1. The number of hydrogen-bond donors (Lipinski definition) is 0. The predicted molar refractivity (Wildman–Crippen MR) is 112 cm³/mol.